The van der Waals surface area contributed by atoms with E-state index in [2.05, 4.69) is 26.0 Å². The number of halogens is 1. The highest BCUT2D eigenvalue weighted by Gasteiger charge is 2.30. The van der Waals surface area contributed by atoms with Crippen LogP contribution in [0.1, 0.15) is 25.5 Å². The Morgan fingerprint density at radius 1 is 1.53 bits per heavy atom. The molecule has 1 heterocycles. The van der Waals surface area contributed by atoms with Crippen LogP contribution < -0.4 is 10.0 Å². The van der Waals surface area contributed by atoms with Crippen molar-refractivity contribution in [1.82, 2.24) is 10.0 Å². The van der Waals surface area contributed by atoms with E-state index in [9.17, 15) is 8.42 Å². The minimum Gasteiger partial charge on any atom is -0.452 e. The molecule has 96 valence electrons. The molecular weight excluding hydrogens is 308 g/mol. The van der Waals surface area contributed by atoms with Crippen LogP contribution in [0.15, 0.2) is 20.0 Å². The highest BCUT2D eigenvalue weighted by Crippen LogP contribution is 2.28. The van der Waals surface area contributed by atoms with Crippen molar-refractivity contribution in [2.45, 2.75) is 37.2 Å². The Bertz CT molecular complexity index is 494. The van der Waals surface area contributed by atoms with Gasteiger partial charge in [0.25, 0.3) is 0 Å². The molecule has 0 radical (unpaired) electrons. The zero-order valence-electron chi connectivity index (χ0n) is 9.49. The number of hydrogen-bond acceptors (Lipinski definition) is 4. The van der Waals surface area contributed by atoms with Crippen molar-refractivity contribution in [3.05, 3.63) is 16.5 Å². The fourth-order valence-electron chi connectivity index (χ4n) is 1.40. The molecule has 0 amide bonds. The third-order valence-electron chi connectivity index (χ3n) is 2.44. The SMILES string of the molecule is CCNCc1cc(S(=O)(=O)NC2CC2)c(Br)o1. The molecule has 0 atom stereocenters. The summed E-state index contributed by atoms with van der Waals surface area (Å²) in [6, 6.07) is 1.65. The monoisotopic (exact) mass is 322 g/mol. The van der Waals surface area contributed by atoms with Gasteiger partial charge in [-0.15, -0.1) is 0 Å². The Labute approximate surface area is 109 Å². The lowest BCUT2D eigenvalue weighted by molar-refractivity contribution is 0.464. The van der Waals surface area contributed by atoms with Gasteiger partial charge in [0.15, 0.2) is 4.67 Å². The highest BCUT2D eigenvalue weighted by molar-refractivity contribution is 9.10. The lowest BCUT2D eigenvalue weighted by Crippen LogP contribution is -2.25. The zero-order valence-corrected chi connectivity index (χ0v) is 11.9. The van der Waals surface area contributed by atoms with Gasteiger partial charge >= 0.3 is 0 Å². The van der Waals surface area contributed by atoms with Crippen LogP contribution in [0.5, 0.6) is 0 Å². The summed E-state index contributed by atoms with van der Waals surface area (Å²) >= 11 is 3.14. The summed E-state index contributed by atoms with van der Waals surface area (Å²) in [7, 11) is -3.45. The van der Waals surface area contributed by atoms with Gasteiger partial charge in [-0.1, -0.05) is 6.92 Å². The third-order valence-corrected chi connectivity index (χ3v) is 4.82. The molecule has 1 aliphatic carbocycles. The van der Waals surface area contributed by atoms with Gasteiger partial charge < -0.3 is 9.73 Å². The van der Waals surface area contributed by atoms with Crippen molar-refractivity contribution in [3.8, 4) is 0 Å². The van der Waals surface area contributed by atoms with Crippen LogP contribution >= 0.6 is 15.9 Å². The summed E-state index contributed by atoms with van der Waals surface area (Å²) in [5.74, 6) is 0.606. The predicted molar refractivity (Wildman–Crippen MR) is 67.1 cm³/mol. The average Bonchev–Trinajstić information content (AvgIpc) is 2.96. The van der Waals surface area contributed by atoms with Gasteiger partial charge in [-0.25, -0.2) is 13.1 Å². The first kappa shape index (κ1) is 13.1. The molecule has 0 unspecified atom stereocenters. The van der Waals surface area contributed by atoms with Crippen molar-refractivity contribution in [1.29, 1.82) is 0 Å². The third kappa shape index (κ3) is 3.31. The molecule has 1 aromatic rings. The minimum absolute atomic E-state index is 0.0963. The summed E-state index contributed by atoms with van der Waals surface area (Å²) in [6.45, 7) is 3.30. The maximum Gasteiger partial charge on any atom is 0.245 e. The largest absolute Gasteiger partial charge is 0.452 e. The number of nitrogens with one attached hydrogen (secondary N) is 2. The maximum atomic E-state index is 12.0. The number of hydrogen-bond donors (Lipinski definition) is 2. The fourth-order valence-corrected chi connectivity index (χ4v) is 3.70. The average molecular weight is 323 g/mol. The van der Waals surface area contributed by atoms with Crippen LogP contribution in [0, 0.1) is 0 Å². The standard InChI is InChI=1S/C10H15BrN2O3S/c1-2-12-6-8-5-9(10(11)16-8)17(14,15)13-7-3-4-7/h5,7,12-13H,2-4,6H2,1H3. The summed E-state index contributed by atoms with van der Waals surface area (Å²) in [4.78, 5) is 0.178. The fraction of sp³-hybridized carbons (Fsp3) is 0.600. The smallest absolute Gasteiger partial charge is 0.245 e. The van der Waals surface area contributed by atoms with Crippen LogP contribution in [-0.2, 0) is 16.6 Å². The molecule has 0 aliphatic heterocycles. The van der Waals surface area contributed by atoms with E-state index in [4.69, 9.17) is 4.42 Å². The van der Waals surface area contributed by atoms with E-state index < -0.39 is 10.0 Å². The molecule has 0 aromatic carbocycles. The van der Waals surface area contributed by atoms with Crippen molar-refractivity contribution in [3.63, 3.8) is 0 Å². The van der Waals surface area contributed by atoms with E-state index in [0.717, 1.165) is 19.4 Å². The van der Waals surface area contributed by atoms with Crippen LogP contribution in [0.2, 0.25) is 0 Å². The van der Waals surface area contributed by atoms with Crippen LogP contribution in [0.3, 0.4) is 0 Å². The Morgan fingerprint density at radius 3 is 2.82 bits per heavy atom. The molecule has 0 saturated heterocycles. The number of sulfonamides is 1. The first-order valence-electron chi connectivity index (χ1n) is 5.54. The second-order valence-corrected chi connectivity index (χ2v) is 6.43. The van der Waals surface area contributed by atoms with E-state index >= 15 is 0 Å². The molecule has 0 spiro atoms. The normalized spacial score (nSPS) is 16.4. The Hall–Kier alpha value is -0.370. The summed E-state index contributed by atoms with van der Waals surface area (Å²) in [5.41, 5.74) is 0. The van der Waals surface area contributed by atoms with Crippen molar-refractivity contribution < 1.29 is 12.8 Å². The lowest BCUT2D eigenvalue weighted by atomic mass is 10.4. The molecule has 7 heteroatoms. The van der Waals surface area contributed by atoms with Gasteiger partial charge in [-0.2, -0.15) is 0 Å². The Morgan fingerprint density at radius 2 is 2.24 bits per heavy atom. The molecule has 1 aromatic heterocycles. The topological polar surface area (TPSA) is 71.3 Å². The molecule has 0 bridgehead atoms. The second-order valence-electron chi connectivity index (χ2n) is 4.03. The molecular formula is C10H15BrN2O3S. The molecule has 1 saturated carbocycles. The summed E-state index contributed by atoms with van der Waals surface area (Å²) in [6.07, 6.45) is 1.83. The highest BCUT2D eigenvalue weighted by atomic mass is 79.9. The Kier molecular flexibility index (Phi) is 3.92. The van der Waals surface area contributed by atoms with Crippen LogP contribution in [0.25, 0.3) is 0 Å². The van der Waals surface area contributed by atoms with E-state index in [-0.39, 0.29) is 15.6 Å². The molecule has 1 aliphatic rings. The lowest BCUT2D eigenvalue weighted by Gasteiger charge is -2.01. The van der Waals surface area contributed by atoms with E-state index in [0.29, 0.717) is 12.3 Å². The number of rotatable bonds is 6. The van der Waals surface area contributed by atoms with Gasteiger partial charge in [0.05, 0.1) is 6.54 Å². The van der Waals surface area contributed by atoms with Gasteiger partial charge in [-0.3, -0.25) is 0 Å². The molecule has 1 fully saturated rings. The molecule has 5 nitrogen and oxygen atoms in total. The van der Waals surface area contributed by atoms with Crippen LogP contribution in [0.4, 0.5) is 0 Å². The van der Waals surface area contributed by atoms with Crippen molar-refractivity contribution in [2.24, 2.45) is 0 Å². The molecule has 2 rings (SSSR count). The predicted octanol–water partition coefficient (Wildman–Crippen LogP) is 1.59. The van der Waals surface area contributed by atoms with E-state index in [1.807, 2.05) is 6.92 Å². The number of furan rings is 1. The van der Waals surface area contributed by atoms with Gasteiger partial charge in [0.2, 0.25) is 10.0 Å². The first-order chi connectivity index (χ1) is 8.03. The quantitative estimate of drug-likeness (QED) is 0.834. The van der Waals surface area contributed by atoms with E-state index in [1.54, 1.807) is 6.07 Å². The maximum absolute atomic E-state index is 12.0. The Balaban J connectivity index is 2.16. The van der Waals surface area contributed by atoms with Crippen molar-refractivity contribution >= 4 is 26.0 Å². The van der Waals surface area contributed by atoms with Gasteiger partial charge in [0.1, 0.15) is 10.7 Å². The van der Waals surface area contributed by atoms with Gasteiger partial charge in [0, 0.05) is 12.1 Å². The molecule has 2 N–H and O–H groups in total. The zero-order chi connectivity index (χ0) is 12.5. The van der Waals surface area contributed by atoms with Crippen LogP contribution in [-0.4, -0.2) is 21.0 Å². The minimum atomic E-state index is -3.45. The summed E-state index contributed by atoms with van der Waals surface area (Å²) in [5, 5.41) is 3.08. The van der Waals surface area contributed by atoms with E-state index in [1.165, 1.54) is 0 Å². The first-order valence-corrected chi connectivity index (χ1v) is 7.82. The second kappa shape index (κ2) is 5.09. The van der Waals surface area contributed by atoms with Crippen molar-refractivity contribution in [2.75, 3.05) is 6.54 Å². The van der Waals surface area contributed by atoms with Gasteiger partial charge in [-0.05, 0) is 35.3 Å². The molecule has 17 heavy (non-hydrogen) atoms. The summed E-state index contributed by atoms with van der Waals surface area (Å²) < 4.78 is 32.2.